The van der Waals surface area contributed by atoms with Gasteiger partial charge in [-0.05, 0) is 57.9 Å². The van der Waals surface area contributed by atoms with Crippen LogP contribution in [0.25, 0.3) is 0 Å². The lowest BCUT2D eigenvalue weighted by molar-refractivity contribution is -0.126. The van der Waals surface area contributed by atoms with Gasteiger partial charge in [-0.15, -0.1) is 0 Å². The van der Waals surface area contributed by atoms with Gasteiger partial charge in [0.25, 0.3) is 0 Å². The van der Waals surface area contributed by atoms with E-state index in [0.717, 1.165) is 45.6 Å². The molecule has 0 aromatic carbocycles. The molecule has 1 aliphatic carbocycles. The topological polar surface area (TPSA) is 50.4 Å². The Kier molecular flexibility index (Phi) is 5.22. The second-order valence-electron chi connectivity index (χ2n) is 6.24. The number of nitrogens with one attached hydrogen (secondary N) is 2. The molecule has 2 rings (SSSR count). The average molecular weight is 268 g/mol. The summed E-state index contributed by atoms with van der Waals surface area (Å²) in [4.78, 5) is 12.2. The van der Waals surface area contributed by atoms with Gasteiger partial charge in [0.1, 0.15) is 0 Å². The second-order valence-corrected chi connectivity index (χ2v) is 6.24. The predicted octanol–water partition coefficient (Wildman–Crippen LogP) is 1.70. The molecule has 1 saturated heterocycles. The Morgan fingerprint density at radius 2 is 2.26 bits per heavy atom. The van der Waals surface area contributed by atoms with Crippen LogP contribution >= 0.6 is 0 Å². The Bertz CT molecular complexity index is 303. The molecule has 0 unspecified atom stereocenters. The highest BCUT2D eigenvalue weighted by molar-refractivity contribution is 5.78. The van der Waals surface area contributed by atoms with Gasteiger partial charge in [-0.1, -0.05) is 0 Å². The maximum absolute atomic E-state index is 12.2. The summed E-state index contributed by atoms with van der Waals surface area (Å²) >= 11 is 0. The molecule has 0 aromatic heterocycles. The predicted molar refractivity (Wildman–Crippen MR) is 76.0 cm³/mol. The van der Waals surface area contributed by atoms with Crippen molar-refractivity contribution < 1.29 is 9.53 Å². The van der Waals surface area contributed by atoms with Gasteiger partial charge < -0.3 is 15.4 Å². The molecule has 0 spiro atoms. The fraction of sp³-hybridized carbons (Fsp3) is 0.933. The number of hydrogen-bond acceptors (Lipinski definition) is 3. The Morgan fingerprint density at radius 1 is 1.47 bits per heavy atom. The Morgan fingerprint density at radius 3 is 2.89 bits per heavy atom. The minimum atomic E-state index is 0.207. The minimum absolute atomic E-state index is 0.207. The maximum atomic E-state index is 12.2. The molecule has 110 valence electrons. The minimum Gasteiger partial charge on any atom is -0.382 e. The third-order valence-electron chi connectivity index (χ3n) is 4.57. The lowest BCUT2D eigenvalue weighted by atomic mass is 9.92. The van der Waals surface area contributed by atoms with Gasteiger partial charge in [0.05, 0.1) is 0 Å². The van der Waals surface area contributed by atoms with E-state index in [1.54, 1.807) is 0 Å². The number of ether oxygens (including phenoxy) is 1. The van der Waals surface area contributed by atoms with Crippen LogP contribution in [-0.4, -0.2) is 38.3 Å². The van der Waals surface area contributed by atoms with Gasteiger partial charge in [0.2, 0.25) is 5.91 Å². The molecule has 2 fully saturated rings. The summed E-state index contributed by atoms with van der Waals surface area (Å²) in [5.41, 5.74) is 0.351. The summed E-state index contributed by atoms with van der Waals surface area (Å²) in [6, 6.07) is 0.470. The zero-order chi connectivity index (χ0) is 13.7. The summed E-state index contributed by atoms with van der Waals surface area (Å²) in [6.45, 7) is 7.61. The van der Waals surface area contributed by atoms with E-state index >= 15 is 0 Å². The normalized spacial score (nSPS) is 28.9. The first-order chi connectivity index (χ1) is 9.15. The molecule has 1 saturated carbocycles. The molecule has 4 heteroatoms. The van der Waals surface area contributed by atoms with E-state index < -0.39 is 0 Å². The summed E-state index contributed by atoms with van der Waals surface area (Å²) in [5, 5.41) is 6.57. The summed E-state index contributed by atoms with van der Waals surface area (Å²) in [7, 11) is 0. The van der Waals surface area contributed by atoms with Crippen molar-refractivity contribution in [1.29, 1.82) is 0 Å². The van der Waals surface area contributed by atoms with Crippen LogP contribution in [0.5, 0.6) is 0 Å². The van der Waals surface area contributed by atoms with Crippen molar-refractivity contribution in [2.24, 2.45) is 11.3 Å². The highest BCUT2D eigenvalue weighted by atomic mass is 16.5. The van der Waals surface area contributed by atoms with Gasteiger partial charge in [-0.2, -0.15) is 0 Å². The number of rotatable bonds is 7. The van der Waals surface area contributed by atoms with Crippen LogP contribution in [0.2, 0.25) is 0 Å². The van der Waals surface area contributed by atoms with Crippen LogP contribution in [0.15, 0.2) is 0 Å². The molecule has 2 atom stereocenters. The van der Waals surface area contributed by atoms with Gasteiger partial charge >= 0.3 is 0 Å². The van der Waals surface area contributed by atoms with E-state index in [1.807, 2.05) is 6.92 Å². The lowest BCUT2D eigenvalue weighted by Crippen LogP contribution is -2.43. The molecule has 2 N–H and O–H groups in total. The van der Waals surface area contributed by atoms with Crippen molar-refractivity contribution in [1.82, 2.24) is 10.6 Å². The van der Waals surface area contributed by atoms with E-state index in [-0.39, 0.29) is 11.8 Å². The van der Waals surface area contributed by atoms with Crippen molar-refractivity contribution in [2.45, 2.75) is 52.0 Å². The van der Waals surface area contributed by atoms with Gasteiger partial charge in [0, 0.05) is 31.7 Å². The number of carbonyl (C=O) groups excluding carboxylic acids is 1. The molecular formula is C15H28N2O2. The third-order valence-corrected chi connectivity index (χ3v) is 4.57. The summed E-state index contributed by atoms with van der Waals surface area (Å²) in [5.74, 6) is 0.468. The van der Waals surface area contributed by atoms with E-state index in [4.69, 9.17) is 4.74 Å². The van der Waals surface area contributed by atoms with Crippen LogP contribution in [0, 0.1) is 11.3 Å². The highest BCUT2D eigenvalue weighted by Gasteiger charge is 2.42. The largest absolute Gasteiger partial charge is 0.382 e. The van der Waals surface area contributed by atoms with Crippen LogP contribution in [0.3, 0.4) is 0 Å². The van der Waals surface area contributed by atoms with Crippen LogP contribution in [0.4, 0.5) is 0 Å². The van der Waals surface area contributed by atoms with Crippen LogP contribution in [0.1, 0.15) is 46.0 Å². The first-order valence-electron chi connectivity index (χ1n) is 7.74. The first kappa shape index (κ1) is 14.8. The van der Waals surface area contributed by atoms with E-state index in [9.17, 15) is 4.79 Å². The van der Waals surface area contributed by atoms with E-state index in [2.05, 4.69) is 17.6 Å². The maximum Gasteiger partial charge on any atom is 0.223 e. The van der Waals surface area contributed by atoms with Crippen molar-refractivity contribution in [2.75, 3.05) is 26.3 Å². The molecular weight excluding hydrogens is 240 g/mol. The molecule has 19 heavy (non-hydrogen) atoms. The summed E-state index contributed by atoms with van der Waals surface area (Å²) < 4.78 is 5.43. The second kappa shape index (κ2) is 6.71. The number of piperidine rings is 1. The number of carbonyl (C=O) groups is 1. The number of amides is 1. The standard InChI is InChI=1S/C15H28N2O2/c1-3-19-9-7-15(5-6-15)11-17-14(18)13-4-8-16-12(2)10-13/h12-13,16H,3-11H2,1-2H3,(H,17,18)/t12-,13-/m0/s1. The SMILES string of the molecule is CCOCCC1(CNC(=O)[C@H]2CCN[C@@H](C)C2)CC1. The first-order valence-corrected chi connectivity index (χ1v) is 7.74. The molecule has 0 bridgehead atoms. The zero-order valence-electron chi connectivity index (χ0n) is 12.3. The van der Waals surface area contributed by atoms with Crippen LogP contribution < -0.4 is 10.6 Å². The average Bonchev–Trinajstić information content (AvgIpc) is 3.17. The zero-order valence-corrected chi connectivity index (χ0v) is 12.3. The monoisotopic (exact) mass is 268 g/mol. The quantitative estimate of drug-likeness (QED) is 0.691. The molecule has 1 aliphatic heterocycles. The van der Waals surface area contributed by atoms with Crippen molar-refractivity contribution in [3.63, 3.8) is 0 Å². The highest BCUT2D eigenvalue weighted by Crippen LogP contribution is 2.48. The van der Waals surface area contributed by atoms with Gasteiger partial charge in [0.15, 0.2) is 0 Å². The van der Waals surface area contributed by atoms with Crippen LogP contribution in [-0.2, 0) is 9.53 Å². The number of hydrogen-bond donors (Lipinski definition) is 2. The Balaban J connectivity index is 1.68. The fourth-order valence-electron chi connectivity index (χ4n) is 2.91. The van der Waals surface area contributed by atoms with E-state index in [0.29, 0.717) is 11.5 Å². The third kappa shape index (κ3) is 4.46. The van der Waals surface area contributed by atoms with Gasteiger partial charge in [-0.3, -0.25) is 4.79 Å². The molecule has 0 aromatic rings. The lowest BCUT2D eigenvalue weighted by Gasteiger charge is -2.27. The summed E-state index contributed by atoms with van der Waals surface area (Å²) in [6.07, 6.45) is 5.51. The molecule has 1 amide bonds. The smallest absolute Gasteiger partial charge is 0.223 e. The van der Waals surface area contributed by atoms with Crippen molar-refractivity contribution in [3.8, 4) is 0 Å². The molecule has 2 aliphatic rings. The molecule has 1 heterocycles. The van der Waals surface area contributed by atoms with Crippen molar-refractivity contribution >= 4 is 5.91 Å². The Labute approximate surface area is 116 Å². The van der Waals surface area contributed by atoms with E-state index in [1.165, 1.54) is 12.8 Å². The van der Waals surface area contributed by atoms with Gasteiger partial charge in [-0.25, -0.2) is 0 Å². The van der Waals surface area contributed by atoms with Crippen molar-refractivity contribution in [3.05, 3.63) is 0 Å². The molecule has 4 nitrogen and oxygen atoms in total. The fourth-order valence-corrected chi connectivity index (χ4v) is 2.91. The Hall–Kier alpha value is -0.610. The molecule has 0 radical (unpaired) electrons.